The lowest BCUT2D eigenvalue weighted by Crippen LogP contribution is -2.50. The number of hydrogen-bond donors (Lipinski definition) is 1. The predicted molar refractivity (Wildman–Crippen MR) is 47.5 cm³/mol. The van der Waals surface area contributed by atoms with Crippen molar-refractivity contribution in [3.8, 4) is 0 Å². The van der Waals surface area contributed by atoms with Crippen LogP contribution in [0, 0.1) is 30.3 Å². The highest BCUT2D eigenvalue weighted by molar-refractivity contribution is 5.76. The average molecular weight is 263 g/mol. The fourth-order valence-corrected chi connectivity index (χ4v) is 1.83. The molecule has 18 heavy (non-hydrogen) atoms. The summed E-state index contributed by atoms with van der Waals surface area (Å²) in [7, 11) is 0. The van der Waals surface area contributed by atoms with Gasteiger partial charge in [-0.05, 0) is 5.01 Å². The van der Waals surface area contributed by atoms with Crippen LogP contribution in [-0.4, -0.2) is 55.2 Å². The SMILES string of the molecule is O=C1N[C@H]2[C@H](N([N+](=O)[O-])CN2[N+](=O)[O-])N1[N+](=O)[O-]. The Kier molecular flexibility index (Phi) is 2.27. The first-order chi connectivity index (χ1) is 8.34. The molecule has 14 nitrogen and oxygen atoms in total. The quantitative estimate of drug-likeness (QED) is 0.439. The number of nitrogens with one attached hydrogen (secondary N) is 1. The second kappa shape index (κ2) is 3.54. The van der Waals surface area contributed by atoms with Gasteiger partial charge < -0.3 is 5.32 Å². The predicted octanol–water partition coefficient (Wildman–Crippen LogP) is -2.19. The molecule has 2 saturated heterocycles. The summed E-state index contributed by atoms with van der Waals surface area (Å²) in [5.41, 5.74) is 0. The number of nitro groups is 3. The van der Waals surface area contributed by atoms with E-state index in [0.29, 0.717) is 5.01 Å². The maximum atomic E-state index is 11.2. The minimum absolute atomic E-state index is 0.0447. The summed E-state index contributed by atoms with van der Waals surface area (Å²) in [6, 6.07) is -1.24. The molecule has 0 spiro atoms. The highest BCUT2D eigenvalue weighted by Crippen LogP contribution is 2.27. The molecule has 1 N–H and O–H groups in total. The molecule has 2 heterocycles. The third-order valence-corrected chi connectivity index (χ3v) is 2.52. The minimum Gasteiger partial charge on any atom is -0.305 e. The molecule has 0 radical (unpaired) electrons. The molecule has 0 aromatic rings. The van der Waals surface area contributed by atoms with Gasteiger partial charge >= 0.3 is 6.03 Å². The summed E-state index contributed by atoms with van der Waals surface area (Å²) in [5, 5.41) is 31.3. The van der Waals surface area contributed by atoms with Crippen LogP contribution < -0.4 is 5.32 Å². The summed E-state index contributed by atoms with van der Waals surface area (Å²) in [4.78, 5) is 43.2. The molecule has 2 amide bonds. The summed E-state index contributed by atoms with van der Waals surface area (Å²) >= 11 is 0. The van der Waals surface area contributed by atoms with E-state index in [-0.39, 0.29) is 10.0 Å². The Hall–Kier alpha value is -2.93. The van der Waals surface area contributed by atoms with Crippen LogP contribution in [0.2, 0.25) is 0 Å². The number of hydrazine groups is 3. The summed E-state index contributed by atoms with van der Waals surface area (Å²) < 4.78 is 0. The molecule has 0 unspecified atom stereocenters. The molecule has 0 aliphatic carbocycles. The van der Waals surface area contributed by atoms with E-state index < -0.39 is 40.1 Å². The van der Waals surface area contributed by atoms with Gasteiger partial charge in [0.25, 0.3) is 6.17 Å². The van der Waals surface area contributed by atoms with Crippen molar-refractivity contribution in [3.05, 3.63) is 30.3 Å². The van der Waals surface area contributed by atoms with Crippen LogP contribution in [0.1, 0.15) is 0 Å². The van der Waals surface area contributed by atoms with Crippen molar-refractivity contribution in [1.29, 1.82) is 0 Å². The molecule has 2 atom stereocenters. The first-order valence-corrected chi connectivity index (χ1v) is 4.40. The molecule has 0 aromatic heterocycles. The van der Waals surface area contributed by atoms with Crippen molar-refractivity contribution in [2.24, 2.45) is 0 Å². The molecule has 0 saturated carbocycles. The smallest absolute Gasteiger partial charge is 0.305 e. The Labute approximate surface area is 96.7 Å². The molecule has 2 fully saturated rings. The second-order valence-corrected chi connectivity index (χ2v) is 3.39. The van der Waals surface area contributed by atoms with E-state index in [1.807, 2.05) is 5.32 Å². The van der Waals surface area contributed by atoms with Gasteiger partial charge in [0.15, 0.2) is 15.1 Å². The van der Waals surface area contributed by atoms with Crippen LogP contribution in [-0.2, 0) is 0 Å². The number of hydrogen-bond acceptors (Lipinski definition) is 7. The molecule has 0 bridgehead atoms. The van der Waals surface area contributed by atoms with Gasteiger partial charge in [0.2, 0.25) is 12.8 Å². The zero-order chi connectivity index (χ0) is 13.6. The lowest BCUT2D eigenvalue weighted by molar-refractivity contribution is -0.715. The van der Waals surface area contributed by atoms with E-state index in [9.17, 15) is 35.1 Å². The van der Waals surface area contributed by atoms with Gasteiger partial charge in [-0.3, -0.25) is 0 Å². The summed E-state index contributed by atoms with van der Waals surface area (Å²) in [6.07, 6.45) is -3.13. The summed E-state index contributed by atoms with van der Waals surface area (Å²) in [5.74, 6) is 0. The number of nitrogens with zero attached hydrogens (tertiary/aromatic N) is 6. The van der Waals surface area contributed by atoms with Crippen molar-refractivity contribution in [3.63, 3.8) is 0 Å². The Bertz CT molecular complexity index is 451. The van der Waals surface area contributed by atoms with Crippen molar-refractivity contribution in [2.75, 3.05) is 6.67 Å². The largest absolute Gasteiger partial charge is 0.380 e. The monoisotopic (exact) mass is 263 g/mol. The molecule has 14 heteroatoms. The molecule has 2 aliphatic rings. The third kappa shape index (κ3) is 1.39. The fraction of sp³-hybridized carbons (Fsp3) is 0.750. The first kappa shape index (κ1) is 11.6. The number of carbonyl (C=O) groups is 1. The van der Waals surface area contributed by atoms with E-state index in [4.69, 9.17) is 0 Å². The van der Waals surface area contributed by atoms with Crippen molar-refractivity contribution < 1.29 is 19.9 Å². The number of rotatable bonds is 3. The maximum absolute atomic E-state index is 11.2. The van der Waals surface area contributed by atoms with Crippen LogP contribution in [0.15, 0.2) is 0 Å². The van der Waals surface area contributed by atoms with Crippen LogP contribution in [0.3, 0.4) is 0 Å². The van der Waals surface area contributed by atoms with Crippen molar-refractivity contribution >= 4 is 6.03 Å². The van der Waals surface area contributed by atoms with E-state index in [1.54, 1.807) is 0 Å². The van der Waals surface area contributed by atoms with Gasteiger partial charge in [-0.2, -0.15) is 0 Å². The normalized spacial score (nSPS) is 26.0. The van der Waals surface area contributed by atoms with Gasteiger partial charge in [0.05, 0.1) is 0 Å². The van der Waals surface area contributed by atoms with E-state index in [0.717, 1.165) is 0 Å². The van der Waals surface area contributed by atoms with Crippen molar-refractivity contribution in [2.45, 2.75) is 12.3 Å². The fourth-order valence-electron chi connectivity index (χ4n) is 1.83. The maximum Gasteiger partial charge on any atom is 0.380 e. The van der Waals surface area contributed by atoms with Gasteiger partial charge in [0, 0.05) is 0 Å². The zero-order valence-corrected chi connectivity index (χ0v) is 8.40. The van der Waals surface area contributed by atoms with Gasteiger partial charge in [-0.1, -0.05) is 10.0 Å². The number of urea groups is 1. The topological polar surface area (TPSA) is 168 Å². The third-order valence-electron chi connectivity index (χ3n) is 2.52. The number of carbonyl (C=O) groups excluding carboxylic acids is 1. The number of fused-ring (bicyclic) bond motifs is 1. The molecule has 2 aliphatic heterocycles. The van der Waals surface area contributed by atoms with Crippen LogP contribution >= 0.6 is 0 Å². The molecular weight excluding hydrogens is 258 g/mol. The Morgan fingerprint density at radius 1 is 1.06 bits per heavy atom. The minimum atomic E-state index is -1.67. The van der Waals surface area contributed by atoms with Gasteiger partial charge in [-0.25, -0.2) is 35.1 Å². The van der Waals surface area contributed by atoms with Crippen LogP contribution in [0.5, 0.6) is 0 Å². The summed E-state index contributed by atoms with van der Waals surface area (Å²) in [6.45, 7) is -0.778. The van der Waals surface area contributed by atoms with E-state index in [2.05, 4.69) is 0 Å². The van der Waals surface area contributed by atoms with Crippen LogP contribution in [0.25, 0.3) is 0 Å². The highest BCUT2D eigenvalue weighted by Gasteiger charge is 2.65. The lowest BCUT2D eigenvalue weighted by atomic mass is 10.4. The number of amides is 2. The standard InChI is InChI=1S/C4H5N7O7/c12-4-5-2-3(8(4)11(17)18)7(10(15)16)1-6(2)9(13)14/h2-3H,1H2,(H,5,12)/t2-,3-/m1/s1. The molecule has 98 valence electrons. The Morgan fingerprint density at radius 3 is 2.06 bits per heavy atom. The van der Waals surface area contributed by atoms with Crippen molar-refractivity contribution in [1.82, 2.24) is 20.3 Å². The molecular formula is C4H5N7O7. The second-order valence-electron chi connectivity index (χ2n) is 3.39. The average Bonchev–Trinajstić information content (AvgIpc) is 2.71. The van der Waals surface area contributed by atoms with E-state index >= 15 is 0 Å². The Morgan fingerprint density at radius 2 is 1.61 bits per heavy atom. The van der Waals surface area contributed by atoms with Gasteiger partial charge in [0.1, 0.15) is 0 Å². The lowest BCUT2D eigenvalue weighted by Gasteiger charge is -2.14. The van der Waals surface area contributed by atoms with E-state index in [1.165, 1.54) is 0 Å². The molecule has 0 aromatic carbocycles. The Balaban J connectivity index is 2.39. The zero-order valence-electron chi connectivity index (χ0n) is 8.40. The highest BCUT2D eigenvalue weighted by atomic mass is 16.7. The van der Waals surface area contributed by atoms with Crippen LogP contribution in [0.4, 0.5) is 4.79 Å². The molecule has 2 rings (SSSR count). The van der Waals surface area contributed by atoms with Gasteiger partial charge in [-0.15, -0.1) is 0 Å². The first-order valence-electron chi connectivity index (χ1n) is 4.40.